The van der Waals surface area contributed by atoms with E-state index in [0.29, 0.717) is 6.42 Å². The Balaban J connectivity index is 3.57. The van der Waals surface area contributed by atoms with E-state index in [1.54, 1.807) is 6.08 Å². The van der Waals surface area contributed by atoms with Crippen LogP contribution in [0.25, 0.3) is 0 Å². The molecule has 4 heteroatoms. The molecule has 0 rings (SSSR count). The SMILES string of the molecule is CCCCCCC/C=C\CCCCCCCC(=O)NC(CO)C(O)/C=C/CC/C=C/CCCCCCCCCCCCCCCCCCCCC. The van der Waals surface area contributed by atoms with Crippen LogP contribution in [0.5, 0.6) is 0 Å². The van der Waals surface area contributed by atoms with Crippen LogP contribution in [-0.4, -0.2) is 34.9 Å². The minimum absolute atomic E-state index is 0.0823. The summed E-state index contributed by atoms with van der Waals surface area (Å²) in [5.41, 5.74) is 0. The van der Waals surface area contributed by atoms with Crippen molar-refractivity contribution in [2.75, 3.05) is 6.61 Å². The maximum Gasteiger partial charge on any atom is 0.220 e. The molecule has 4 nitrogen and oxygen atoms in total. The largest absolute Gasteiger partial charge is 0.394 e. The zero-order valence-corrected chi connectivity index (χ0v) is 34.4. The topological polar surface area (TPSA) is 69.6 Å². The maximum absolute atomic E-state index is 12.3. The molecule has 51 heavy (non-hydrogen) atoms. The third-order valence-corrected chi connectivity index (χ3v) is 10.3. The van der Waals surface area contributed by atoms with E-state index in [9.17, 15) is 15.0 Å². The van der Waals surface area contributed by atoms with Gasteiger partial charge in [-0.15, -0.1) is 0 Å². The van der Waals surface area contributed by atoms with E-state index in [1.165, 1.54) is 173 Å². The van der Waals surface area contributed by atoms with Crippen LogP contribution in [0.3, 0.4) is 0 Å². The Morgan fingerprint density at radius 3 is 1.14 bits per heavy atom. The smallest absolute Gasteiger partial charge is 0.220 e. The number of aliphatic hydroxyl groups excluding tert-OH is 2. The summed E-state index contributed by atoms with van der Waals surface area (Å²) in [6.45, 7) is 4.29. The first-order valence-electron chi connectivity index (χ1n) is 22.7. The van der Waals surface area contributed by atoms with E-state index in [4.69, 9.17) is 0 Å². The Kier molecular flexibility index (Phi) is 41.8. The van der Waals surface area contributed by atoms with Gasteiger partial charge in [0.1, 0.15) is 0 Å². The fraction of sp³-hybridized carbons (Fsp3) is 0.851. The highest BCUT2D eigenvalue weighted by Gasteiger charge is 2.17. The molecule has 0 spiro atoms. The number of allylic oxidation sites excluding steroid dienone is 5. The molecule has 0 heterocycles. The third kappa shape index (κ3) is 39.6. The number of carbonyl (C=O) groups excluding carboxylic acids is 1. The Morgan fingerprint density at radius 1 is 0.451 bits per heavy atom. The highest BCUT2D eigenvalue weighted by atomic mass is 16.3. The summed E-state index contributed by atoms with van der Waals surface area (Å²) in [5, 5.41) is 23.0. The quantitative estimate of drug-likeness (QED) is 0.0436. The highest BCUT2D eigenvalue weighted by molar-refractivity contribution is 5.76. The van der Waals surface area contributed by atoms with Gasteiger partial charge in [-0.25, -0.2) is 0 Å². The lowest BCUT2D eigenvalue weighted by atomic mass is 10.0. The fourth-order valence-electron chi connectivity index (χ4n) is 6.84. The van der Waals surface area contributed by atoms with E-state index in [0.717, 1.165) is 44.9 Å². The van der Waals surface area contributed by atoms with Crippen molar-refractivity contribution in [3.05, 3.63) is 36.5 Å². The first-order valence-corrected chi connectivity index (χ1v) is 22.7. The van der Waals surface area contributed by atoms with Gasteiger partial charge in [0, 0.05) is 6.42 Å². The lowest BCUT2D eigenvalue weighted by molar-refractivity contribution is -0.123. The molecule has 0 aromatic heterocycles. The van der Waals surface area contributed by atoms with Gasteiger partial charge in [-0.05, 0) is 57.8 Å². The van der Waals surface area contributed by atoms with Gasteiger partial charge in [0.2, 0.25) is 5.91 Å². The zero-order chi connectivity index (χ0) is 37.1. The van der Waals surface area contributed by atoms with E-state index in [-0.39, 0.29) is 12.5 Å². The van der Waals surface area contributed by atoms with Crippen LogP contribution < -0.4 is 5.32 Å². The highest BCUT2D eigenvalue weighted by Crippen LogP contribution is 2.15. The molecule has 0 aliphatic heterocycles. The molecular weight excluding hydrogens is 627 g/mol. The Morgan fingerprint density at radius 2 is 0.765 bits per heavy atom. The van der Waals surface area contributed by atoms with Crippen molar-refractivity contribution in [2.24, 2.45) is 0 Å². The summed E-state index contributed by atoms with van der Waals surface area (Å²) in [6, 6.07) is -0.642. The molecular formula is C47H89NO3. The van der Waals surface area contributed by atoms with Crippen LogP contribution >= 0.6 is 0 Å². The molecule has 0 aliphatic carbocycles. The maximum atomic E-state index is 12.3. The van der Waals surface area contributed by atoms with Crippen LogP contribution in [-0.2, 0) is 4.79 Å². The summed E-state index contributed by atoms with van der Waals surface area (Å²) in [5.74, 6) is -0.0823. The minimum Gasteiger partial charge on any atom is -0.394 e. The van der Waals surface area contributed by atoms with E-state index in [2.05, 4.69) is 43.5 Å². The standard InChI is InChI=1S/C47H89NO3/c1-3-5-7-9-11-13-15-17-19-20-21-22-23-24-25-26-27-28-29-30-32-34-36-38-40-42-46(50)45(44-49)48-47(51)43-41-39-37-35-33-31-18-16-14-12-10-8-6-4-2/h16,18,32,34,40,42,45-46,49-50H,3-15,17,19-31,33,35-39,41,43-44H2,1-2H3,(H,48,51)/b18-16-,34-32+,42-40+. The molecule has 300 valence electrons. The predicted octanol–water partition coefficient (Wildman–Crippen LogP) is 14.2. The number of nitrogens with one attached hydrogen (secondary N) is 1. The summed E-state index contributed by atoms with van der Waals surface area (Å²) in [6.07, 6.45) is 56.9. The van der Waals surface area contributed by atoms with Gasteiger partial charge >= 0.3 is 0 Å². The molecule has 2 atom stereocenters. The summed E-state index contributed by atoms with van der Waals surface area (Å²) >= 11 is 0. The van der Waals surface area contributed by atoms with Gasteiger partial charge in [0.05, 0.1) is 18.8 Å². The number of rotatable bonds is 41. The zero-order valence-electron chi connectivity index (χ0n) is 34.4. The minimum atomic E-state index is -0.864. The molecule has 0 aromatic rings. The lowest BCUT2D eigenvalue weighted by Crippen LogP contribution is -2.45. The number of unbranched alkanes of at least 4 members (excludes halogenated alkanes) is 30. The number of hydrogen-bond donors (Lipinski definition) is 3. The number of hydrogen-bond acceptors (Lipinski definition) is 3. The second-order valence-electron chi connectivity index (χ2n) is 15.5. The fourth-order valence-corrected chi connectivity index (χ4v) is 6.84. The van der Waals surface area contributed by atoms with Gasteiger partial charge in [-0.1, -0.05) is 211 Å². The van der Waals surface area contributed by atoms with Gasteiger partial charge in [-0.3, -0.25) is 4.79 Å². The monoisotopic (exact) mass is 716 g/mol. The first kappa shape index (κ1) is 49.6. The molecule has 3 N–H and O–H groups in total. The van der Waals surface area contributed by atoms with Crippen molar-refractivity contribution >= 4 is 5.91 Å². The van der Waals surface area contributed by atoms with Gasteiger partial charge in [0.15, 0.2) is 0 Å². The summed E-state index contributed by atoms with van der Waals surface area (Å²) in [4.78, 5) is 12.3. The first-order chi connectivity index (χ1) is 25.2. The predicted molar refractivity (Wildman–Crippen MR) is 225 cm³/mol. The van der Waals surface area contributed by atoms with Crippen molar-refractivity contribution in [3.63, 3.8) is 0 Å². The molecule has 0 fully saturated rings. The van der Waals surface area contributed by atoms with Crippen molar-refractivity contribution in [2.45, 2.75) is 251 Å². The Hall–Kier alpha value is -1.39. The van der Waals surface area contributed by atoms with Crippen molar-refractivity contribution in [1.29, 1.82) is 0 Å². The van der Waals surface area contributed by atoms with Crippen molar-refractivity contribution in [3.8, 4) is 0 Å². The molecule has 0 saturated heterocycles. The van der Waals surface area contributed by atoms with Gasteiger partial charge < -0.3 is 15.5 Å². The molecule has 0 bridgehead atoms. The number of amides is 1. The molecule has 0 radical (unpaired) electrons. The van der Waals surface area contributed by atoms with Crippen LogP contribution in [0.4, 0.5) is 0 Å². The van der Waals surface area contributed by atoms with Crippen LogP contribution in [0, 0.1) is 0 Å². The Labute approximate surface area is 319 Å². The second-order valence-corrected chi connectivity index (χ2v) is 15.5. The molecule has 2 unspecified atom stereocenters. The molecule has 0 saturated carbocycles. The normalized spacial score (nSPS) is 13.3. The summed E-state index contributed by atoms with van der Waals surface area (Å²) in [7, 11) is 0. The second kappa shape index (κ2) is 43.0. The number of aliphatic hydroxyl groups is 2. The van der Waals surface area contributed by atoms with Crippen LogP contribution in [0.1, 0.15) is 239 Å². The van der Waals surface area contributed by atoms with Gasteiger partial charge in [0.25, 0.3) is 0 Å². The van der Waals surface area contributed by atoms with Crippen molar-refractivity contribution < 1.29 is 15.0 Å². The molecule has 1 amide bonds. The van der Waals surface area contributed by atoms with Crippen LogP contribution in [0.2, 0.25) is 0 Å². The third-order valence-electron chi connectivity index (χ3n) is 10.3. The van der Waals surface area contributed by atoms with E-state index >= 15 is 0 Å². The van der Waals surface area contributed by atoms with Crippen molar-refractivity contribution in [1.82, 2.24) is 5.32 Å². The molecule has 0 aromatic carbocycles. The van der Waals surface area contributed by atoms with Crippen LogP contribution in [0.15, 0.2) is 36.5 Å². The van der Waals surface area contributed by atoms with E-state index < -0.39 is 12.1 Å². The lowest BCUT2D eigenvalue weighted by Gasteiger charge is -2.19. The Bertz CT molecular complexity index is 775. The average molecular weight is 716 g/mol. The average Bonchev–Trinajstić information content (AvgIpc) is 3.13. The number of carbonyl (C=O) groups is 1. The van der Waals surface area contributed by atoms with E-state index in [1.807, 2.05) is 6.08 Å². The molecule has 0 aliphatic rings. The summed E-state index contributed by atoms with van der Waals surface area (Å²) < 4.78 is 0. The van der Waals surface area contributed by atoms with Gasteiger partial charge in [-0.2, -0.15) is 0 Å².